The van der Waals surface area contributed by atoms with Crippen molar-refractivity contribution in [1.82, 2.24) is 25.1 Å². The minimum atomic E-state index is -0.664. The molecule has 9 heteroatoms. The van der Waals surface area contributed by atoms with Gasteiger partial charge in [0.05, 0.1) is 6.10 Å². The summed E-state index contributed by atoms with van der Waals surface area (Å²) in [5, 5.41) is 16.6. The van der Waals surface area contributed by atoms with Crippen molar-refractivity contribution in [3.8, 4) is 0 Å². The molecule has 9 nitrogen and oxygen atoms in total. The van der Waals surface area contributed by atoms with Crippen LogP contribution in [-0.4, -0.2) is 81.6 Å². The smallest absolute Gasteiger partial charge is 0.270 e. The van der Waals surface area contributed by atoms with Crippen LogP contribution >= 0.6 is 0 Å². The van der Waals surface area contributed by atoms with Crippen molar-refractivity contribution in [1.29, 1.82) is 0 Å². The summed E-state index contributed by atoms with van der Waals surface area (Å²) in [4.78, 5) is 37.8. The first-order valence-corrected chi connectivity index (χ1v) is 13.2. The molecule has 1 aromatic heterocycles. The van der Waals surface area contributed by atoms with E-state index >= 15 is 0 Å². The average molecular weight is 493 g/mol. The lowest BCUT2D eigenvalue weighted by Crippen LogP contribution is -2.47. The lowest BCUT2D eigenvalue weighted by atomic mass is 9.79. The summed E-state index contributed by atoms with van der Waals surface area (Å²) < 4.78 is 0. The van der Waals surface area contributed by atoms with Crippen molar-refractivity contribution < 1.29 is 14.7 Å². The van der Waals surface area contributed by atoms with E-state index < -0.39 is 6.10 Å². The van der Waals surface area contributed by atoms with Gasteiger partial charge in [-0.25, -0.2) is 9.97 Å². The number of benzene rings is 1. The van der Waals surface area contributed by atoms with Crippen LogP contribution in [0.25, 0.3) is 0 Å². The number of nitrogens with one attached hydrogen (secondary N) is 2. The maximum atomic E-state index is 12.6. The van der Waals surface area contributed by atoms with Gasteiger partial charge in [0.25, 0.3) is 5.91 Å². The molecular formula is C27H36N6O3. The first-order chi connectivity index (χ1) is 17.5. The molecule has 5 rings (SSSR count). The normalized spacial score (nSPS) is 22.8. The van der Waals surface area contributed by atoms with Crippen LogP contribution in [-0.2, 0) is 17.8 Å². The van der Waals surface area contributed by atoms with Crippen LogP contribution < -0.4 is 10.6 Å². The molecule has 1 atom stereocenters. The van der Waals surface area contributed by atoms with E-state index in [-0.39, 0.29) is 36.0 Å². The Morgan fingerprint density at radius 2 is 1.83 bits per heavy atom. The molecule has 3 N–H and O–H groups in total. The lowest BCUT2D eigenvalue weighted by molar-refractivity contribution is -0.139. The minimum Gasteiger partial charge on any atom is -0.390 e. The zero-order valence-electron chi connectivity index (χ0n) is 20.7. The molecule has 192 valence electrons. The number of anilines is 1. The van der Waals surface area contributed by atoms with E-state index in [9.17, 15) is 14.7 Å². The number of aliphatic hydroxyl groups excluding tert-OH is 1. The number of carbonyl (C=O) groups excluding carboxylic acids is 2. The summed E-state index contributed by atoms with van der Waals surface area (Å²) in [7, 11) is 0. The Balaban J connectivity index is 1.05. The van der Waals surface area contributed by atoms with Gasteiger partial charge in [-0.1, -0.05) is 24.3 Å². The second-order valence-electron chi connectivity index (χ2n) is 10.3. The summed E-state index contributed by atoms with van der Waals surface area (Å²) in [6.07, 6.45) is 6.68. The fourth-order valence-electron chi connectivity index (χ4n) is 5.45. The standard InChI is InChI=1S/C27H36N6O3/c34-23(17-32-11-8-19-6-2-3-7-20(19)16-32)15-28-26(35)24-14-25(30-18-29-24)31-22-12-21(13-22)27(36)33-9-4-1-5-10-33/h2-3,6-7,14,18,21-23,34H,1,4-5,8-13,15-17H2,(H,28,35)(H,29,30,31). The van der Waals surface area contributed by atoms with Crippen molar-refractivity contribution in [3.63, 3.8) is 0 Å². The van der Waals surface area contributed by atoms with Gasteiger partial charge in [-0.15, -0.1) is 0 Å². The zero-order valence-corrected chi connectivity index (χ0v) is 20.7. The van der Waals surface area contributed by atoms with E-state index in [0.717, 1.165) is 58.3 Å². The third kappa shape index (κ3) is 6.02. The molecule has 2 fully saturated rings. The number of β-amino-alcohol motifs (C(OH)–C–C–N with tert-alkyl or cyclic N) is 1. The highest BCUT2D eigenvalue weighted by atomic mass is 16.3. The quantitative estimate of drug-likeness (QED) is 0.516. The Bertz CT molecular complexity index is 1070. The van der Waals surface area contributed by atoms with Crippen LogP contribution in [0.4, 0.5) is 5.82 Å². The highest BCUT2D eigenvalue weighted by Gasteiger charge is 2.37. The molecule has 2 aliphatic heterocycles. The summed E-state index contributed by atoms with van der Waals surface area (Å²) >= 11 is 0. The molecular weight excluding hydrogens is 456 g/mol. The number of hydrogen-bond donors (Lipinski definition) is 3. The fourth-order valence-corrected chi connectivity index (χ4v) is 5.45. The topological polar surface area (TPSA) is 111 Å². The fraction of sp³-hybridized carbons (Fsp3) is 0.556. The highest BCUT2D eigenvalue weighted by Crippen LogP contribution is 2.32. The maximum Gasteiger partial charge on any atom is 0.270 e. The number of carbonyl (C=O) groups is 2. The number of fused-ring (bicyclic) bond motifs is 1. The van der Waals surface area contributed by atoms with Crippen molar-refractivity contribution >= 4 is 17.6 Å². The third-order valence-corrected chi connectivity index (χ3v) is 7.58. The molecule has 36 heavy (non-hydrogen) atoms. The summed E-state index contributed by atoms with van der Waals surface area (Å²) in [5.74, 6) is 0.606. The number of aromatic nitrogens is 2. The highest BCUT2D eigenvalue weighted by molar-refractivity contribution is 5.92. The zero-order chi connectivity index (χ0) is 24.9. The molecule has 0 bridgehead atoms. The molecule has 0 spiro atoms. The van der Waals surface area contributed by atoms with Gasteiger partial charge in [0.2, 0.25) is 5.91 Å². The molecule has 2 amide bonds. The van der Waals surface area contributed by atoms with Crippen LogP contribution in [0.3, 0.4) is 0 Å². The van der Waals surface area contributed by atoms with Crippen molar-refractivity contribution in [2.45, 2.75) is 57.2 Å². The molecule has 1 aliphatic carbocycles. The van der Waals surface area contributed by atoms with Gasteiger partial charge in [-0.2, -0.15) is 0 Å². The first-order valence-electron chi connectivity index (χ1n) is 13.2. The van der Waals surface area contributed by atoms with Crippen molar-refractivity contribution in [3.05, 3.63) is 53.5 Å². The third-order valence-electron chi connectivity index (χ3n) is 7.58. The van der Waals surface area contributed by atoms with Gasteiger partial charge in [0.1, 0.15) is 17.8 Å². The molecule has 2 aromatic rings. The number of amides is 2. The van der Waals surface area contributed by atoms with Gasteiger partial charge in [-0.3, -0.25) is 14.5 Å². The Morgan fingerprint density at radius 1 is 1.06 bits per heavy atom. The number of rotatable bonds is 8. The second-order valence-corrected chi connectivity index (χ2v) is 10.3. The van der Waals surface area contributed by atoms with Gasteiger partial charge >= 0.3 is 0 Å². The van der Waals surface area contributed by atoms with Crippen LogP contribution in [0, 0.1) is 5.92 Å². The Hall–Kier alpha value is -3.04. The number of nitrogens with zero attached hydrogens (tertiary/aromatic N) is 4. The van der Waals surface area contributed by atoms with E-state index in [2.05, 4.69) is 43.7 Å². The molecule has 1 unspecified atom stereocenters. The average Bonchev–Trinajstić information content (AvgIpc) is 2.89. The molecule has 3 heterocycles. The Morgan fingerprint density at radius 3 is 2.64 bits per heavy atom. The van der Waals surface area contributed by atoms with Crippen molar-refractivity contribution in [2.24, 2.45) is 5.92 Å². The number of likely N-dealkylation sites (tertiary alicyclic amines) is 1. The summed E-state index contributed by atoms with van der Waals surface area (Å²) in [5.41, 5.74) is 2.93. The molecule has 3 aliphatic rings. The van der Waals surface area contributed by atoms with Crippen LogP contribution in [0.15, 0.2) is 36.7 Å². The van der Waals surface area contributed by atoms with E-state index in [1.54, 1.807) is 6.07 Å². The van der Waals surface area contributed by atoms with E-state index in [1.807, 2.05) is 11.0 Å². The largest absolute Gasteiger partial charge is 0.390 e. The maximum absolute atomic E-state index is 12.6. The first kappa shape index (κ1) is 24.6. The van der Waals surface area contributed by atoms with E-state index in [0.29, 0.717) is 12.4 Å². The predicted octanol–water partition coefficient (Wildman–Crippen LogP) is 1.83. The molecule has 1 aromatic carbocycles. The van der Waals surface area contributed by atoms with Crippen LogP contribution in [0.5, 0.6) is 0 Å². The predicted molar refractivity (Wildman–Crippen MR) is 136 cm³/mol. The van der Waals surface area contributed by atoms with Crippen LogP contribution in [0.2, 0.25) is 0 Å². The van der Waals surface area contributed by atoms with Gasteiger partial charge in [-0.05, 0) is 49.7 Å². The summed E-state index contributed by atoms with van der Waals surface area (Å²) in [6.45, 7) is 4.15. The Labute approximate surface area is 212 Å². The van der Waals surface area contributed by atoms with Gasteiger partial charge < -0.3 is 20.6 Å². The van der Waals surface area contributed by atoms with Crippen LogP contribution in [0.1, 0.15) is 53.7 Å². The summed E-state index contributed by atoms with van der Waals surface area (Å²) in [6, 6.07) is 10.2. The van der Waals surface area contributed by atoms with E-state index in [1.165, 1.54) is 23.9 Å². The SMILES string of the molecule is O=C(NCC(O)CN1CCc2ccccc2C1)c1cc(NC2CC(C(=O)N3CCCCC3)C2)ncn1. The monoisotopic (exact) mass is 492 g/mol. The number of aliphatic hydroxyl groups is 1. The minimum absolute atomic E-state index is 0.0834. The van der Waals surface area contributed by atoms with Gasteiger partial charge in [0.15, 0.2) is 0 Å². The number of piperidine rings is 1. The molecule has 1 saturated heterocycles. The number of hydrogen-bond acceptors (Lipinski definition) is 7. The second kappa shape index (κ2) is 11.3. The molecule has 1 saturated carbocycles. The Kier molecular flexibility index (Phi) is 7.77. The van der Waals surface area contributed by atoms with Crippen molar-refractivity contribution in [2.75, 3.05) is 38.0 Å². The lowest BCUT2D eigenvalue weighted by Gasteiger charge is -2.39. The van der Waals surface area contributed by atoms with Gasteiger partial charge in [0, 0.05) is 57.3 Å². The van der Waals surface area contributed by atoms with E-state index in [4.69, 9.17) is 0 Å². The molecule has 0 radical (unpaired) electrons.